The van der Waals surface area contributed by atoms with Crippen molar-refractivity contribution in [3.8, 4) is 11.3 Å². The van der Waals surface area contributed by atoms with Crippen LogP contribution in [0.5, 0.6) is 0 Å². The van der Waals surface area contributed by atoms with Crippen LogP contribution in [-0.4, -0.2) is 109 Å². The summed E-state index contributed by atoms with van der Waals surface area (Å²) in [4.78, 5) is 54.6. The second-order valence-corrected chi connectivity index (χ2v) is 14.7. The Balaban J connectivity index is 0.00000180. The molecular weight excluding hydrogens is 713 g/mol. The van der Waals surface area contributed by atoms with Crippen LogP contribution in [0.1, 0.15) is 51.0 Å². The van der Waals surface area contributed by atoms with Gasteiger partial charge in [0.25, 0.3) is 0 Å². The van der Waals surface area contributed by atoms with Gasteiger partial charge < -0.3 is 42.0 Å². The van der Waals surface area contributed by atoms with Gasteiger partial charge in [-0.3, -0.25) is 24.1 Å². The fourth-order valence-electron chi connectivity index (χ4n) is 5.42. The number of nitrogens with one attached hydrogen (secondary N) is 2. The van der Waals surface area contributed by atoms with E-state index >= 15 is 0 Å². The van der Waals surface area contributed by atoms with Crippen molar-refractivity contribution in [1.82, 2.24) is 25.1 Å². The molecule has 1 fully saturated rings. The first-order valence-electron chi connectivity index (χ1n) is 17.1. The number of nitrogens with two attached hydrogens (primary N) is 2. The lowest BCUT2D eigenvalue weighted by atomic mass is 9.86. The monoisotopic (exact) mass is 761 g/mol. The van der Waals surface area contributed by atoms with Crippen molar-refractivity contribution in [3.05, 3.63) is 77.8 Å². The second kappa shape index (κ2) is 20.3. The summed E-state index contributed by atoms with van der Waals surface area (Å²) >= 11 is 1.02. The third-order valence-corrected chi connectivity index (χ3v) is 9.53. The Labute approximate surface area is 311 Å². The number of benzene rings is 2. The lowest BCUT2D eigenvalue weighted by Gasteiger charge is -2.32. The molecule has 1 aromatic heterocycles. The third-order valence-electron chi connectivity index (χ3n) is 8.20. The van der Waals surface area contributed by atoms with Crippen LogP contribution in [-0.2, 0) is 25.7 Å². The molecule has 4 rings (SSSR count). The smallest absolute Gasteiger partial charge is 0.321 e. The van der Waals surface area contributed by atoms with Crippen LogP contribution < -0.4 is 22.1 Å². The minimum absolute atomic E-state index is 0.00439. The topological polar surface area (TPSA) is 226 Å². The first-order chi connectivity index (χ1) is 25.1. The van der Waals surface area contributed by atoms with E-state index in [9.17, 15) is 28.0 Å². The Bertz CT molecular complexity index is 1690. The van der Waals surface area contributed by atoms with Crippen molar-refractivity contribution in [3.63, 3.8) is 0 Å². The summed E-state index contributed by atoms with van der Waals surface area (Å²) < 4.78 is 30.8. The van der Waals surface area contributed by atoms with E-state index in [4.69, 9.17) is 31.8 Å². The first kappa shape index (κ1) is 43.1. The maximum atomic E-state index is 14.8. The number of imidazole rings is 1. The molecular formula is C36H49F2N7O7S. The summed E-state index contributed by atoms with van der Waals surface area (Å²) in [5.74, 6) is -3.07. The van der Waals surface area contributed by atoms with E-state index in [-0.39, 0.29) is 56.5 Å². The van der Waals surface area contributed by atoms with Gasteiger partial charge in [0.1, 0.15) is 23.5 Å². The SMILES string of the molecule is CC(C)(C)[C@@H](NCC[C@H](N)C(=O)NCCN1C(=O)CC(SC[C@H](N)C(=O)O)C1=O)c1nc(-c2cc(F)ccc2F)cn1Cc1ccccc1.OCCO. The number of aromatic nitrogens is 2. The normalized spacial score (nSPS) is 16.2. The molecule has 2 aromatic carbocycles. The summed E-state index contributed by atoms with van der Waals surface area (Å²) in [6.45, 7) is 6.53. The molecule has 0 bridgehead atoms. The number of carboxylic acid groups (broad SMARTS) is 1. The molecule has 3 aromatic rings. The van der Waals surface area contributed by atoms with E-state index in [1.807, 2.05) is 55.7 Å². The molecule has 17 heteroatoms. The maximum Gasteiger partial charge on any atom is 0.321 e. The highest BCUT2D eigenvalue weighted by molar-refractivity contribution is 8.00. The third kappa shape index (κ3) is 12.7. The number of carbonyl (C=O) groups excluding carboxylic acids is 3. The van der Waals surface area contributed by atoms with E-state index in [2.05, 4.69) is 10.6 Å². The van der Waals surface area contributed by atoms with Gasteiger partial charge in [-0.2, -0.15) is 0 Å². The lowest BCUT2D eigenvalue weighted by molar-refractivity contribution is -0.139. The fourth-order valence-corrected chi connectivity index (χ4v) is 6.53. The number of aliphatic hydroxyl groups excluding tert-OH is 2. The predicted molar refractivity (Wildman–Crippen MR) is 196 cm³/mol. The van der Waals surface area contributed by atoms with Gasteiger partial charge in [-0.05, 0) is 42.1 Å². The molecule has 0 aliphatic carbocycles. The van der Waals surface area contributed by atoms with Gasteiger partial charge in [-0.1, -0.05) is 51.1 Å². The molecule has 1 aliphatic rings. The quantitative estimate of drug-likeness (QED) is 0.0975. The number of aliphatic hydroxyl groups is 2. The number of thioether (sulfide) groups is 1. The molecule has 1 saturated heterocycles. The molecule has 1 aliphatic heterocycles. The van der Waals surface area contributed by atoms with Crippen LogP contribution in [0, 0.1) is 17.0 Å². The number of likely N-dealkylation sites (tertiary alicyclic amines) is 1. The number of aliphatic carboxylic acids is 1. The maximum absolute atomic E-state index is 14.8. The van der Waals surface area contributed by atoms with Gasteiger partial charge in [-0.25, -0.2) is 13.8 Å². The van der Waals surface area contributed by atoms with E-state index < -0.39 is 58.1 Å². The molecule has 3 amide bonds. The van der Waals surface area contributed by atoms with Crippen molar-refractivity contribution in [1.29, 1.82) is 0 Å². The number of carbonyl (C=O) groups is 4. The Morgan fingerprint density at radius 3 is 2.34 bits per heavy atom. The Hall–Kier alpha value is -4.26. The van der Waals surface area contributed by atoms with Crippen LogP contribution in [0.25, 0.3) is 11.3 Å². The molecule has 4 atom stereocenters. The van der Waals surface area contributed by atoms with Gasteiger partial charge in [-0.15, -0.1) is 11.8 Å². The van der Waals surface area contributed by atoms with E-state index in [0.717, 1.165) is 40.4 Å². The second-order valence-electron chi connectivity index (χ2n) is 13.5. The number of halogens is 2. The number of rotatable bonds is 17. The average molecular weight is 762 g/mol. The number of amides is 3. The summed E-state index contributed by atoms with van der Waals surface area (Å²) in [5.41, 5.74) is 12.6. The highest BCUT2D eigenvalue weighted by atomic mass is 32.2. The predicted octanol–water partition coefficient (Wildman–Crippen LogP) is 1.63. The molecule has 1 unspecified atom stereocenters. The number of nitrogens with zero attached hydrogens (tertiary/aromatic N) is 3. The van der Waals surface area contributed by atoms with Gasteiger partial charge in [0, 0.05) is 43.6 Å². The number of carboxylic acids is 1. The number of imide groups is 1. The van der Waals surface area contributed by atoms with Gasteiger partial charge >= 0.3 is 5.97 Å². The fraction of sp³-hybridized carbons (Fsp3) is 0.472. The number of hydrogen-bond acceptors (Lipinski definition) is 11. The minimum atomic E-state index is -1.19. The zero-order chi connectivity index (χ0) is 39.3. The Morgan fingerprint density at radius 1 is 1.04 bits per heavy atom. The molecule has 53 heavy (non-hydrogen) atoms. The Morgan fingerprint density at radius 2 is 1.72 bits per heavy atom. The summed E-state index contributed by atoms with van der Waals surface area (Å²) in [6.07, 6.45) is 1.89. The van der Waals surface area contributed by atoms with Crippen LogP contribution in [0.3, 0.4) is 0 Å². The van der Waals surface area contributed by atoms with Crippen LogP contribution in [0.2, 0.25) is 0 Å². The summed E-state index contributed by atoms with van der Waals surface area (Å²) in [7, 11) is 0. The molecule has 0 saturated carbocycles. The largest absolute Gasteiger partial charge is 0.480 e. The highest BCUT2D eigenvalue weighted by Gasteiger charge is 2.39. The van der Waals surface area contributed by atoms with Gasteiger partial charge in [0.05, 0.1) is 36.2 Å². The van der Waals surface area contributed by atoms with Crippen molar-refractivity contribution >= 4 is 35.5 Å². The molecule has 14 nitrogen and oxygen atoms in total. The highest BCUT2D eigenvalue weighted by Crippen LogP contribution is 2.35. The Kier molecular flexibility index (Phi) is 16.5. The van der Waals surface area contributed by atoms with Gasteiger partial charge in [0.15, 0.2) is 0 Å². The van der Waals surface area contributed by atoms with Crippen molar-refractivity contribution < 1.29 is 43.3 Å². The van der Waals surface area contributed by atoms with Crippen LogP contribution in [0.15, 0.2) is 54.7 Å². The number of hydrogen-bond donors (Lipinski definition) is 7. The van der Waals surface area contributed by atoms with Crippen LogP contribution in [0.4, 0.5) is 8.78 Å². The van der Waals surface area contributed by atoms with E-state index in [1.165, 1.54) is 0 Å². The zero-order valence-electron chi connectivity index (χ0n) is 30.0. The molecule has 9 N–H and O–H groups in total. The van der Waals surface area contributed by atoms with Crippen molar-refractivity contribution in [2.75, 3.05) is 38.6 Å². The van der Waals surface area contributed by atoms with Crippen LogP contribution >= 0.6 is 11.8 Å². The minimum Gasteiger partial charge on any atom is -0.480 e. The lowest BCUT2D eigenvalue weighted by Crippen LogP contribution is -2.46. The molecule has 290 valence electrons. The van der Waals surface area contributed by atoms with Gasteiger partial charge in [0.2, 0.25) is 17.7 Å². The first-order valence-corrected chi connectivity index (χ1v) is 18.1. The van der Waals surface area contributed by atoms with Crippen molar-refractivity contribution in [2.45, 2.75) is 63.5 Å². The van der Waals surface area contributed by atoms with E-state index in [0.29, 0.717) is 24.6 Å². The molecule has 0 spiro atoms. The summed E-state index contributed by atoms with van der Waals surface area (Å²) in [5, 5.41) is 29.6. The summed E-state index contributed by atoms with van der Waals surface area (Å²) in [6, 6.07) is 10.5. The standard InChI is InChI=1S/C34H43F2N7O5S.C2H6O2/c1-34(2,3)29(30-41-26(22-15-21(35)9-10-23(22)36)18-42(30)17-20-7-5-4-6-8-20)39-12-11-24(37)31(45)40-13-14-43-28(44)16-27(32(43)46)49-19-25(38)33(47)48;3-1-2-4/h4-10,15,18,24-25,27,29,39H,11-14,16-17,19,37-38H2,1-3H3,(H,40,45)(H,47,48);3-4H,1-2H2/t24-,25-,27?,29-;/m0./s1. The average Bonchev–Trinajstić information content (AvgIpc) is 3.64. The molecule has 2 heterocycles. The molecule has 0 radical (unpaired) electrons. The van der Waals surface area contributed by atoms with E-state index in [1.54, 1.807) is 6.20 Å². The van der Waals surface area contributed by atoms with Crippen molar-refractivity contribution in [2.24, 2.45) is 16.9 Å². The zero-order valence-corrected chi connectivity index (χ0v) is 30.8.